The number of amides is 1. The summed E-state index contributed by atoms with van der Waals surface area (Å²) in [7, 11) is 2.82. The fourth-order valence-electron chi connectivity index (χ4n) is 3.86. The Bertz CT molecular complexity index is 883. The third-order valence-electron chi connectivity index (χ3n) is 5.31. The minimum atomic E-state index is -4.77. The molecule has 0 unspecified atom stereocenters. The number of carbonyl (C=O) groups excluding carboxylic acids is 1. The molecule has 10 heteroatoms. The lowest BCUT2D eigenvalue weighted by atomic mass is 9.86. The Balaban J connectivity index is 0.00000363. The van der Waals surface area contributed by atoms with Gasteiger partial charge < -0.3 is 24.4 Å². The summed E-state index contributed by atoms with van der Waals surface area (Å²) in [4.78, 5) is 13.7. The van der Waals surface area contributed by atoms with Gasteiger partial charge in [-0.05, 0) is 30.2 Å². The van der Waals surface area contributed by atoms with Gasteiger partial charge in [0.1, 0.15) is 11.5 Å². The van der Waals surface area contributed by atoms with E-state index in [9.17, 15) is 18.0 Å². The van der Waals surface area contributed by atoms with Gasteiger partial charge in [0.15, 0.2) is 0 Å². The Kier molecular flexibility index (Phi) is 9.03. The van der Waals surface area contributed by atoms with Gasteiger partial charge in [-0.1, -0.05) is 30.3 Å². The summed E-state index contributed by atoms with van der Waals surface area (Å²) in [6, 6.07) is 13.8. The molecule has 1 fully saturated rings. The van der Waals surface area contributed by atoms with Gasteiger partial charge in [-0.15, -0.1) is 25.6 Å². The second-order valence-corrected chi connectivity index (χ2v) is 7.23. The summed E-state index contributed by atoms with van der Waals surface area (Å²) >= 11 is 0. The number of piperidine rings is 1. The van der Waals surface area contributed by atoms with E-state index < -0.39 is 6.36 Å². The highest BCUT2D eigenvalue weighted by Gasteiger charge is 2.33. The van der Waals surface area contributed by atoms with Gasteiger partial charge in [0.25, 0.3) is 0 Å². The highest BCUT2D eigenvalue weighted by atomic mass is 35.5. The SMILES string of the molecule is COC(=O)N1CC[C@H](NCc2cc(OC(F)(F)F)ccc2OC)[C@H](c2ccccc2)C1.Cl. The molecule has 1 amide bonds. The van der Waals surface area contributed by atoms with E-state index in [0.29, 0.717) is 30.8 Å². The number of nitrogens with one attached hydrogen (secondary N) is 1. The van der Waals surface area contributed by atoms with Gasteiger partial charge in [0, 0.05) is 37.2 Å². The molecular formula is C22H26ClF3N2O4. The van der Waals surface area contributed by atoms with Crippen LogP contribution in [0.1, 0.15) is 23.5 Å². The standard InChI is InChI=1S/C22H25F3N2O4.ClH/c1-29-20-9-8-17(31-22(23,24)25)12-16(20)13-26-19-10-11-27(21(28)30-2)14-18(19)15-6-4-3-5-7-15;/h3-9,12,18-19,26H,10-11,13-14H2,1-2H3;1H/t18-,19-;/m0./s1. The molecule has 2 aromatic carbocycles. The van der Waals surface area contributed by atoms with E-state index >= 15 is 0 Å². The van der Waals surface area contributed by atoms with E-state index in [1.54, 1.807) is 4.90 Å². The van der Waals surface area contributed by atoms with Crippen molar-refractivity contribution in [2.75, 3.05) is 27.3 Å². The molecule has 0 aliphatic carbocycles. The maximum atomic E-state index is 12.6. The van der Waals surface area contributed by atoms with Crippen molar-refractivity contribution in [1.82, 2.24) is 10.2 Å². The van der Waals surface area contributed by atoms with Crippen molar-refractivity contribution in [2.45, 2.75) is 31.3 Å². The van der Waals surface area contributed by atoms with Crippen LogP contribution in [0, 0.1) is 0 Å². The highest BCUT2D eigenvalue weighted by Crippen LogP contribution is 2.31. The maximum absolute atomic E-state index is 12.6. The summed E-state index contributed by atoms with van der Waals surface area (Å²) in [5.74, 6) is 0.158. The first-order valence-corrected chi connectivity index (χ1v) is 9.84. The van der Waals surface area contributed by atoms with Gasteiger partial charge in [0.2, 0.25) is 0 Å². The van der Waals surface area contributed by atoms with Crippen molar-refractivity contribution in [3.63, 3.8) is 0 Å². The first-order valence-electron chi connectivity index (χ1n) is 9.84. The number of rotatable bonds is 6. The van der Waals surface area contributed by atoms with Crippen molar-refractivity contribution in [3.05, 3.63) is 59.7 Å². The Morgan fingerprint density at radius 1 is 1.16 bits per heavy atom. The maximum Gasteiger partial charge on any atom is 0.573 e. The van der Waals surface area contributed by atoms with Crippen molar-refractivity contribution < 1.29 is 32.2 Å². The molecule has 0 aromatic heterocycles. The minimum Gasteiger partial charge on any atom is -0.496 e. The minimum absolute atomic E-state index is 0. The lowest BCUT2D eigenvalue weighted by Crippen LogP contribution is -2.49. The van der Waals surface area contributed by atoms with Crippen LogP contribution in [0.2, 0.25) is 0 Å². The van der Waals surface area contributed by atoms with E-state index in [2.05, 4.69) is 10.1 Å². The number of hydrogen-bond donors (Lipinski definition) is 1. The van der Waals surface area contributed by atoms with Crippen LogP contribution < -0.4 is 14.8 Å². The number of alkyl halides is 3. The zero-order valence-electron chi connectivity index (χ0n) is 17.7. The van der Waals surface area contributed by atoms with Gasteiger partial charge in [-0.2, -0.15) is 0 Å². The number of methoxy groups -OCH3 is 2. The van der Waals surface area contributed by atoms with E-state index in [1.807, 2.05) is 30.3 Å². The fraction of sp³-hybridized carbons (Fsp3) is 0.409. The predicted octanol–water partition coefficient (Wildman–Crippen LogP) is 4.73. The molecular weight excluding hydrogens is 449 g/mol. The molecule has 1 N–H and O–H groups in total. The normalized spacial score (nSPS) is 18.5. The van der Waals surface area contributed by atoms with Crippen molar-refractivity contribution >= 4 is 18.5 Å². The fourth-order valence-corrected chi connectivity index (χ4v) is 3.86. The van der Waals surface area contributed by atoms with Crippen LogP contribution >= 0.6 is 12.4 Å². The monoisotopic (exact) mass is 474 g/mol. The molecule has 1 saturated heterocycles. The number of hydrogen-bond acceptors (Lipinski definition) is 5. The summed E-state index contributed by atoms with van der Waals surface area (Å²) in [5.41, 5.74) is 1.61. The highest BCUT2D eigenvalue weighted by molar-refractivity contribution is 5.85. The number of carbonyl (C=O) groups is 1. The second kappa shape index (κ2) is 11.3. The largest absolute Gasteiger partial charge is 0.573 e. The summed E-state index contributed by atoms with van der Waals surface area (Å²) in [5, 5.41) is 3.43. The molecule has 0 spiro atoms. The van der Waals surface area contributed by atoms with Gasteiger partial charge in [-0.3, -0.25) is 0 Å². The molecule has 32 heavy (non-hydrogen) atoms. The molecule has 3 rings (SSSR count). The van der Waals surface area contributed by atoms with Gasteiger partial charge in [0.05, 0.1) is 14.2 Å². The topological polar surface area (TPSA) is 60.0 Å². The summed E-state index contributed by atoms with van der Waals surface area (Å²) < 4.78 is 52.0. The smallest absolute Gasteiger partial charge is 0.496 e. The molecule has 1 aliphatic heterocycles. The van der Waals surface area contributed by atoms with E-state index in [1.165, 1.54) is 32.4 Å². The number of halogens is 4. The van der Waals surface area contributed by atoms with Crippen LogP contribution in [-0.2, 0) is 11.3 Å². The quantitative estimate of drug-likeness (QED) is 0.656. The van der Waals surface area contributed by atoms with Gasteiger partial charge >= 0.3 is 12.5 Å². The Morgan fingerprint density at radius 2 is 1.88 bits per heavy atom. The van der Waals surface area contributed by atoms with Crippen LogP contribution in [0.25, 0.3) is 0 Å². The molecule has 1 heterocycles. The van der Waals surface area contributed by atoms with E-state index in [0.717, 1.165) is 5.56 Å². The Labute approximate surface area is 191 Å². The number of ether oxygens (including phenoxy) is 3. The Hall–Kier alpha value is -2.65. The average molecular weight is 475 g/mol. The lowest BCUT2D eigenvalue weighted by Gasteiger charge is -2.38. The third kappa shape index (κ3) is 6.67. The van der Waals surface area contributed by atoms with Gasteiger partial charge in [-0.25, -0.2) is 4.79 Å². The summed E-state index contributed by atoms with van der Waals surface area (Å²) in [6.45, 7) is 1.27. The molecule has 2 atom stereocenters. The first-order chi connectivity index (χ1) is 14.8. The predicted molar refractivity (Wildman–Crippen MR) is 115 cm³/mol. The van der Waals surface area contributed by atoms with Crippen molar-refractivity contribution in [2.24, 2.45) is 0 Å². The molecule has 0 bridgehead atoms. The van der Waals surface area contributed by atoms with Crippen LogP contribution in [0.15, 0.2) is 48.5 Å². The van der Waals surface area contributed by atoms with Crippen LogP contribution in [0.4, 0.5) is 18.0 Å². The van der Waals surface area contributed by atoms with E-state index in [4.69, 9.17) is 9.47 Å². The van der Waals surface area contributed by atoms with Crippen LogP contribution in [0.3, 0.4) is 0 Å². The second-order valence-electron chi connectivity index (χ2n) is 7.23. The van der Waals surface area contributed by atoms with Crippen LogP contribution in [0.5, 0.6) is 11.5 Å². The van der Waals surface area contributed by atoms with Crippen LogP contribution in [-0.4, -0.2) is 50.7 Å². The third-order valence-corrected chi connectivity index (χ3v) is 5.31. The molecule has 6 nitrogen and oxygen atoms in total. The molecule has 0 radical (unpaired) electrons. The molecule has 1 aliphatic rings. The zero-order valence-corrected chi connectivity index (χ0v) is 18.5. The number of benzene rings is 2. The number of nitrogens with zero attached hydrogens (tertiary/aromatic N) is 1. The molecule has 2 aromatic rings. The Morgan fingerprint density at radius 3 is 2.50 bits per heavy atom. The van der Waals surface area contributed by atoms with Crippen molar-refractivity contribution in [1.29, 1.82) is 0 Å². The van der Waals surface area contributed by atoms with E-state index in [-0.39, 0.29) is 42.8 Å². The zero-order chi connectivity index (χ0) is 22.4. The number of likely N-dealkylation sites (tertiary alicyclic amines) is 1. The molecule has 176 valence electrons. The molecule has 0 saturated carbocycles. The average Bonchev–Trinajstić information content (AvgIpc) is 2.76. The van der Waals surface area contributed by atoms with Crippen molar-refractivity contribution in [3.8, 4) is 11.5 Å². The summed E-state index contributed by atoms with van der Waals surface area (Å²) in [6.07, 6.45) is -4.48. The lowest BCUT2D eigenvalue weighted by molar-refractivity contribution is -0.274. The first kappa shape index (κ1) is 25.6.